The maximum atomic E-state index is 15.0. The molecular weight excluding hydrogens is 423 g/mol. The van der Waals surface area contributed by atoms with Crippen molar-refractivity contribution in [3.63, 3.8) is 0 Å². The first-order valence-corrected chi connectivity index (χ1v) is 11.7. The Kier molecular flexibility index (Phi) is 4.96. The van der Waals surface area contributed by atoms with Crippen LogP contribution in [0, 0.1) is 11.3 Å². The number of nitriles is 1. The zero-order valence-corrected chi connectivity index (χ0v) is 18.7. The normalized spacial score (nSPS) is 26.3. The van der Waals surface area contributed by atoms with Gasteiger partial charge in [0.15, 0.2) is 0 Å². The van der Waals surface area contributed by atoms with Crippen molar-refractivity contribution >= 4 is 5.57 Å². The molecule has 6 rings (SSSR count). The van der Waals surface area contributed by atoms with Gasteiger partial charge in [-0.3, -0.25) is 9.58 Å². The number of piperidine rings is 1. The summed E-state index contributed by atoms with van der Waals surface area (Å²) in [5, 5.41) is 14.0. The number of likely N-dealkylation sites (tertiary alicyclic amines) is 1. The molecule has 2 aromatic rings. The van der Waals surface area contributed by atoms with Crippen molar-refractivity contribution < 1.29 is 13.9 Å². The summed E-state index contributed by atoms with van der Waals surface area (Å²) in [6.07, 6.45) is 8.39. The Morgan fingerprint density at radius 1 is 1.33 bits per heavy atom. The van der Waals surface area contributed by atoms with Crippen LogP contribution in [0.3, 0.4) is 0 Å². The summed E-state index contributed by atoms with van der Waals surface area (Å²) in [5.74, 6) is 1.14. The van der Waals surface area contributed by atoms with Crippen LogP contribution in [0.15, 0.2) is 18.5 Å². The molecule has 172 valence electrons. The summed E-state index contributed by atoms with van der Waals surface area (Å²) in [6.45, 7) is 4.76. The molecular formula is C24H27FN6O2. The summed E-state index contributed by atoms with van der Waals surface area (Å²) in [6, 6.07) is 2.34. The molecule has 0 radical (unpaired) electrons. The molecule has 8 nitrogen and oxygen atoms in total. The van der Waals surface area contributed by atoms with Gasteiger partial charge in [-0.1, -0.05) is 6.08 Å². The first-order chi connectivity index (χ1) is 16.0. The van der Waals surface area contributed by atoms with Crippen LogP contribution < -0.4 is 4.74 Å². The first-order valence-electron chi connectivity index (χ1n) is 11.7. The van der Waals surface area contributed by atoms with E-state index in [1.165, 1.54) is 0 Å². The van der Waals surface area contributed by atoms with Gasteiger partial charge in [0, 0.05) is 32.1 Å². The van der Waals surface area contributed by atoms with E-state index in [2.05, 4.69) is 23.0 Å². The summed E-state index contributed by atoms with van der Waals surface area (Å²) >= 11 is 0. The highest BCUT2D eigenvalue weighted by Crippen LogP contribution is 2.42. The molecule has 2 atom stereocenters. The van der Waals surface area contributed by atoms with Crippen molar-refractivity contribution in [2.75, 3.05) is 26.3 Å². The van der Waals surface area contributed by atoms with Gasteiger partial charge in [0.1, 0.15) is 17.6 Å². The molecule has 9 heteroatoms. The van der Waals surface area contributed by atoms with E-state index in [0.29, 0.717) is 55.9 Å². The van der Waals surface area contributed by atoms with Crippen LogP contribution in [0.5, 0.6) is 5.88 Å². The Hall–Kier alpha value is -2.83. The number of nitrogens with zero attached hydrogens (tertiary/aromatic N) is 6. The summed E-state index contributed by atoms with van der Waals surface area (Å²) in [5.41, 5.74) is 2.88. The molecule has 0 aromatic carbocycles. The van der Waals surface area contributed by atoms with Crippen LogP contribution in [-0.2, 0) is 17.6 Å². The van der Waals surface area contributed by atoms with Crippen LogP contribution in [0.1, 0.15) is 54.9 Å². The van der Waals surface area contributed by atoms with E-state index in [1.54, 1.807) is 10.9 Å². The molecule has 1 saturated carbocycles. The number of hydrogen-bond acceptors (Lipinski definition) is 7. The molecule has 2 aliphatic carbocycles. The fourth-order valence-electron chi connectivity index (χ4n) is 4.83. The lowest BCUT2D eigenvalue weighted by atomic mass is 10.0. The summed E-state index contributed by atoms with van der Waals surface area (Å²) < 4.78 is 28.2. The molecule has 0 unspecified atom stereocenters. The minimum absolute atomic E-state index is 0.204. The monoisotopic (exact) mass is 450 g/mol. The van der Waals surface area contributed by atoms with E-state index in [4.69, 9.17) is 19.4 Å². The quantitative estimate of drug-likeness (QED) is 0.668. The second kappa shape index (κ2) is 7.89. The average Bonchev–Trinajstić information content (AvgIpc) is 3.12. The molecule has 33 heavy (non-hydrogen) atoms. The molecule has 4 heterocycles. The third kappa shape index (κ3) is 3.91. The Morgan fingerprint density at radius 3 is 2.88 bits per heavy atom. The van der Waals surface area contributed by atoms with E-state index < -0.39 is 6.17 Å². The third-order valence-electron chi connectivity index (χ3n) is 7.22. The van der Waals surface area contributed by atoms with Crippen LogP contribution in [-0.4, -0.2) is 68.8 Å². The molecule has 4 aliphatic rings. The van der Waals surface area contributed by atoms with Crippen LogP contribution in [0.2, 0.25) is 0 Å². The van der Waals surface area contributed by atoms with Gasteiger partial charge in [-0.15, -0.1) is 0 Å². The predicted octanol–water partition coefficient (Wildman–Crippen LogP) is 2.64. The molecule has 0 N–H and O–H groups in total. The first kappa shape index (κ1) is 20.8. The van der Waals surface area contributed by atoms with Crippen molar-refractivity contribution in [3.8, 4) is 11.9 Å². The highest BCUT2D eigenvalue weighted by molar-refractivity contribution is 5.84. The number of aromatic nitrogens is 4. The predicted molar refractivity (Wildman–Crippen MR) is 117 cm³/mol. The Morgan fingerprint density at radius 2 is 2.18 bits per heavy atom. The van der Waals surface area contributed by atoms with Gasteiger partial charge >= 0.3 is 0 Å². The number of ether oxygens (including phenoxy) is 2. The van der Waals surface area contributed by atoms with Crippen LogP contribution in [0.4, 0.5) is 4.39 Å². The van der Waals surface area contributed by atoms with Crippen molar-refractivity contribution in [2.45, 2.75) is 62.9 Å². The lowest BCUT2D eigenvalue weighted by Crippen LogP contribution is -2.55. The van der Waals surface area contributed by atoms with Gasteiger partial charge in [-0.25, -0.2) is 9.37 Å². The van der Waals surface area contributed by atoms with Gasteiger partial charge in [-0.2, -0.15) is 15.3 Å². The average molecular weight is 451 g/mol. The zero-order valence-electron chi connectivity index (χ0n) is 18.7. The third-order valence-corrected chi connectivity index (χ3v) is 7.22. The van der Waals surface area contributed by atoms with Crippen molar-refractivity contribution in [2.24, 2.45) is 0 Å². The highest BCUT2D eigenvalue weighted by Gasteiger charge is 2.42. The molecule has 0 spiro atoms. The lowest BCUT2D eigenvalue weighted by molar-refractivity contribution is -0.0847. The minimum atomic E-state index is -0.960. The van der Waals surface area contributed by atoms with Gasteiger partial charge in [-0.05, 0) is 31.7 Å². The topological polar surface area (TPSA) is 89.1 Å². The van der Waals surface area contributed by atoms with Crippen LogP contribution in [0.25, 0.3) is 5.57 Å². The molecule has 3 fully saturated rings. The summed E-state index contributed by atoms with van der Waals surface area (Å²) in [4.78, 5) is 11.6. The number of fused-ring (bicyclic) bond motifs is 1. The van der Waals surface area contributed by atoms with E-state index in [1.807, 2.05) is 12.3 Å². The van der Waals surface area contributed by atoms with E-state index in [9.17, 15) is 9.65 Å². The largest absolute Gasteiger partial charge is 0.471 e. The van der Waals surface area contributed by atoms with Crippen molar-refractivity contribution in [1.29, 1.82) is 5.26 Å². The molecule has 2 aromatic heterocycles. The van der Waals surface area contributed by atoms with E-state index in [0.717, 1.165) is 42.6 Å². The number of rotatable bonds is 6. The lowest BCUT2D eigenvalue weighted by Gasteiger charge is -2.42. The molecule has 2 aliphatic heterocycles. The number of hydrogen-bond donors (Lipinski definition) is 0. The maximum Gasteiger partial charge on any atom is 0.226 e. The Balaban J connectivity index is 1.19. The molecule has 2 saturated heterocycles. The second-order valence-corrected chi connectivity index (χ2v) is 9.82. The van der Waals surface area contributed by atoms with Gasteiger partial charge < -0.3 is 9.47 Å². The highest BCUT2D eigenvalue weighted by atomic mass is 19.1. The number of halogens is 1. The van der Waals surface area contributed by atoms with E-state index >= 15 is 0 Å². The van der Waals surface area contributed by atoms with Gasteiger partial charge in [0.25, 0.3) is 0 Å². The smallest absolute Gasteiger partial charge is 0.226 e. The summed E-state index contributed by atoms with van der Waals surface area (Å²) in [7, 11) is 0. The van der Waals surface area contributed by atoms with Gasteiger partial charge in [0.2, 0.25) is 5.88 Å². The molecule has 0 bridgehead atoms. The van der Waals surface area contributed by atoms with Crippen LogP contribution >= 0.6 is 0 Å². The fraction of sp³-hybridized carbons (Fsp3) is 0.583. The van der Waals surface area contributed by atoms with Crippen molar-refractivity contribution in [3.05, 3.63) is 41.1 Å². The number of allylic oxidation sites excluding steroid dienone is 2. The van der Waals surface area contributed by atoms with Gasteiger partial charge in [0.05, 0.1) is 54.4 Å². The maximum absolute atomic E-state index is 15.0. The minimum Gasteiger partial charge on any atom is -0.471 e. The molecule has 0 amide bonds. The second-order valence-electron chi connectivity index (χ2n) is 9.82. The fourth-order valence-corrected chi connectivity index (χ4v) is 4.83. The Bertz CT molecular complexity index is 1150. The Labute approximate surface area is 192 Å². The standard InChI is InChI=1S/C24H27FN6O2/c1-24(5-6-24)33-23-22-16(9-26)2-3-19(22)28-21(29-23)8-15-10-27-31(11-15)20-4-7-30(12-18(20)25)17-13-32-14-17/h2,10-11,17-18,20H,3-8,12-14H2,1H3/t18-,20-/m0/s1. The van der Waals surface area contributed by atoms with E-state index in [-0.39, 0.29) is 11.6 Å². The number of alkyl halides is 1. The van der Waals surface area contributed by atoms with Crippen molar-refractivity contribution in [1.82, 2.24) is 24.6 Å². The SMILES string of the molecule is CC1(Oc2nc(Cc3cnn([C@H]4CCN(C5COC5)C[C@@H]4F)c3)nc3c2C(C#N)=CC3)CC1. The zero-order chi connectivity index (χ0) is 22.6.